The van der Waals surface area contributed by atoms with Crippen LogP contribution in [0.4, 0.5) is 0 Å². The van der Waals surface area contributed by atoms with Crippen molar-refractivity contribution in [1.82, 2.24) is 0 Å². The number of fused-ring (bicyclic) bond motifs is 1. The van der Waals surface area contributed by atoms with E-state index in [4.69, 9.17) is 42.3 Å². The first kappa shape index (κ1) is 47.2. The van der Waals surface area contributed by atoms with Crippen LogP contribution in [-0.2, 0) is 52.5 Å². The highest BCUT2D eigenvalue weighted by Crippen LogP contribution is 2.47. The van der Waals surface area contributed by atoms with E-state index in [1.165, 1.54) is 7.11 Å². The molecule has 12 heteroatoms. The number of hydrogen-bond donors (Lipinski definition) is 1. The first-order chi connectivity index (χ1) is 29.7. The van der Waals surface area contributed by atoms with E-state index in [-0.39, 0.29) is 48.2 Å². The van der Waals surface area contributed by atoms with E-state index in [2.05, 4.69) is 47.4 Å². The number of ether oxygens (including phenoxy) is 8. The normalized spacial score (nSPS) is 19.2. The van der Waals surface area contributed by atoms with Crippen LogP contribution in [0.2, 0.25) is 18.1 Å². The number of rotatable bonds is 20. The van der Waals surface area contributed by atoms with Crippen LogP contribution in [0.1, 0.15) is 86.8 Å². The van der Waals surface area contributed by atoms with Gasteiger partial charge in [-0.15, -0.1) is 6.58 Å². The van der Waals surface area contributed by atoms with E-state index in [1.807, 2.05) is 72.8 Å². The van der Waals surface area contributed by atoms with E-state index in [9.17, 15) is 9.90 Å². The van der Waals surface area contributed by atoms with Gasteiger partial charge in [-0.05, 0) is 78.5 Å². The van der Waals surface area contributed by atoms with Gasteiger partial charge in [0, 0.05) is 31.9 Å². The fraction of sp³-hybridized carbons (Fsp3) is 0.500. The zero-order chi connectivity index (χ0) is 44.5. The monoisotopic (exact) mass is 870 g/mol. The molecule has 2 aliphatic rings. The number of carbonyl (C=O) groups is 1. The Morgan fingerprint density at radius 2 is 1.52 bits per heavy atom. The minimum Gasteiger partial charge on any atom is -0.506 e. The molecule has 336 valence electrons. The first-order valence-electron chi connectivity index (χ1n) is 21.8. The van der Waals surface area contributed by atoms with Gasteiger partial charge in [0.1, 0.15) is 35.0 Å². The highest BCUT2D eigenvalue weighted by molar-refractivity contribution is 6.74. The van der Waals surface area contributed by atoms with E-state index in [0.717, 1.165) is 43.2 Å². The highest BCUT2D eigenvalue weighted by Gasteiger charge is 2.54. The summed E-state index contributed by atoms with van der Waals surface area (Å²) in [5.74, 6) is -1.37. The van der Waals surface area contributed by atoms with E-state index < -0.39 is 44.3 Å². The molecule has 62 heavy (non-hydrogen) atoms. The molecular formula is C50H66O11Si. The summed E-state index contributed by atoms with van der Waals surface area (Å²) < 4.78 is 56.7. The highest BCUT2D eigenvalue weighted by atomic mass is 28.4. The number of phenols is 1. The predicted octanol–water partition coefficient (Wildman–Crippen LogP) is 10.7. The van der Waals surface area contributed by atoms with Crippen molar-refractivity contribution >= 4 is 25.1 Å². The Balaban J connectivity index is 1.36. The molecule has 1 saturated carbocycles. The minimum absolute atomic E-state index is 0.00783. The fourth-order valence-electron chi connectivity index (χ4n) is 8.30. The van der Waals surface area contributed by atoms with Crippen LogP contribution < -0.4 is 9.47 Å². The SMILES string of the molecule is C=C[C@@H](Cc1cc2cc(OCOCc3ccccc3)cc(OCOCc3ccccc3)c2c(O)c1C(=O)OC)[C@H](OC)[C@@H](O[Si](C)(C)C(C)(C)C)[C@H]1OC2(CCCCC2)O[C@@H]1C. The quantitative estimate of drug-likeness (QED) is 0.0300. The van der Waals surface area contributed by atoms with E-state index in [0.29, 0.717) is 35.3 Å². The zero-order valence-corrected chi connectivity index (χ0v) is 38.8. The molecule has 0 unspecified atom stereocenters. The maximum Gasteiger partial charge on any atom is 0.341 e. The van der Waals surface area contributed by atoms with Gasteiger partial charge in [0.25, 0.3) is 0 Å². The fourth-order valence-corrected chi connectivity index (χ4v) is 9.60. The van der Waals surface area contributed by atoms with Gasteiger partial charge in [-0.25, -0.2) is 4.79 Å². The third kappa shape index (κ3) is 11.3. The summed E-state index contributed by atoms with van der Waals surface area (Å²) in [5.41, 5.74) is 2.52. The molecule has 6 rings (SSSR count). The molecule has 1 saturated heterocycles. The number of hydrogen-bond acceptors (Lipinski definition) is 11. The number of phenolic OH excluding ortho intramolecular Hbond substituents is 1. The lowest BCUT2D eigenvalue weighted by Gasteiger charge is -2.44. The Bertz CT molecular complexity index is 2080. The maximum absolute atomic E-state index is 13.7. The predicted molar refractivity (Wildman–Crippen MR) is 242 cm³/mol. The minimum atomic E-state index is -2.43. The van der Waals surface area contributed by atoms with Crippen molar-refractivity contribution in [2.45, 2.75) is 128 Å². The van der Waals surface area contributed by atoms with Crippen molar-refractivity contribution < 1.29 is 52.2 Å². The topological polar surface area (TPSA) is 120 Å². The smallest absolute Gasteiger partial charge is 0.341 e. The molecule has 1 heterocycles. The molecule has 0 amide bonds. The largest absolute Gasteiger partial charge is 0.506 e. The van der Waals surface area contributed by atoms with Crippen LogP contribution in [0.15, 0.2) is 91.5 Å². The molecular weight excluding hydrogens is 805 g/mol. The van der Waals surface area contributed by atoms with Crippen molar-refractivity contribution in [3.05, 3.63) is 114 Å². The summed E-state index contributed by atoms with van der Waals surface area (Å²) in [6, 6.07) is 24.9. The molecule has 1 aliphatic heterocycles. The van der Waals surface area contributed by atoms with Crippen molar-refractivity contribution in [1.29, 1.82) is 0 Å². The molecule has 2 fully saturated rings. The average molecular weight is 871 g/mol. The summed E-state index contributed by atoms with van der Waals surface area (Å²) in [6.45, 7) is 17.9. The summed E-state index contributed by atoms with van der Waals surface area (Å²) in [5, 5.41) is 12.9. The van der Waals surface area contributed by atoms with Crippen molar-refractivity contribution in [3.63, 3.8) is 0 Å². The van der Waals surface area contributed by atoms with Crippen LogP contribution in [0.5, 0.6) is 17.2 Å². The summed E-state index contributed by atoms with van der Waals surface area (Å²) in [7, 11) is 0.540. The van der Waals surface area contributed by atoms with Crippen LogP contribution >= 0.6 is 0 Å². The molecule has 5 atom stereocenters. The summed E-state index contributed by atoms with van der Waals surface area (Å²) in [4.78, 5) is 13.7. The van der Waals surface area contributed by atoms with E-state index in [1.54, 1.807) is 19.2 Å². The third-order valence-corrected chi connectivity index (χ3v) is 17.1. The van der Waals surface area contributed by atoms with Gasteiger partial charge in [0.2, 0.25) is 0 Å². The Morgan fingerprint density at radius 3 is 2.08 bits per heavy atom. The second-order valence-electron chi connectivity index (χ2n) is 18.0. The van der Waals surface area contributed by atoms with Crippen molar-refractivity contribution in [2.75, 3.05) is 27.8 Å². The number of esters is 1. The molecule has 1 aliphatic carbocycles. The van der Waals surface area contributed by atoms with Crippen molar-refractivity contribution in [3.8, 4) is 17.2 Å². The average Bonchev–Trinajstić information content (AvgIpc) is 3.57. The van der Waals surface area contributed by atoms with Gasteiger partial charge in [-0.3, -0.25) is 0 Å². The van der Waals surface area contributed by atoms with Gasteiger partial charge in [-0.2, -0.15) is 0 Å². The number of carbonyl (C=O) groups excluding carboxylic acids is 1. The summed E-state index contributed by atoms with van der Waals surface area (Å²) >= 11 is 0. The second kappa shape index (κ2) is 20.9. The number of benzene rings is 4. The van der Waals surface area contributed by atoms with Crippen molar-refractivity contribution in [2.24, 2.45) is 5.92 Å². The molecule has 0 radical (unpaired) electrons. The van der Waals surface area contributed by atoms with Gasteiger partial charge in [-0.1, -0.05) is 93.9 Å². The molecule has 1 spiro atoms. The van der Waals surface area contributed by atoms with Gasteiger partial charge in [0.05, 0.1) is 37.9 Å². The summed E-state index contributed by atoms with van der Waals surface area (Å²) in [6.07, 6.45) is 5.17. The number of methoxy groups -OCH3 is 2. The van der Waals surface area contributed by atoms with E-state index >= 15 is 0 Å². The zero-order valence-electron chi connectivity index (χ0n) is 37.8. The van der Waals surface area contributed by atoms with Crippen LogP contribution in [-0.4, -0.2) is 77.4 Å². The second-order valence-corrected chi connectivity index (χ2v) is 22.7. The lowest BCUT2D eigenvalue weighted by Crippen LogP contribution is -2.55. The molecule has 4 aromatic carbocycles. The standard InChI is InChI=1S/C50H66O11Si/c1-10-37(46(53-6)47(61-62(8,9)49(3,4)5)45-34(2)59-50(60-45)24-18-13-19-25-50)26-38-27-39-28-40(57-32-55-30-35-20-14-11-15-21-35)29-41(42(39)44(51)43(38)48(52)54-7)58-33-56-31-36-22-16-12-17-23-36/h10-12,14-17,20-23,27-29,34,37,45-47,51H,1,13,18-19,24-26,30-33H2,2-9H3/t34-,37+,45+,46+,47+/m1/s1. The maximum atomic E-state index is 13.7. The van der Waals surface area contributed by atoms with Gasteiger partial charge in [0.15, 0.2) is 27.7 Å². The first-order valence-corrected chi connectivity index (χ1v) is 24.7. The Hall–Kier alpha value is -4.27. The lowest BCUT2D eigenvalue weighted by atomic mass is 9.85. The molecule has 11 nitrogen and oxygen atoms in total. The third-order valence-electron chi connectivity index (χ3n) is 12.6. The Labute approximate surface area is 368 Å². The molecule has 0 bridgehead atoms. The molecule has 0 aromatic heterocycles. The van der Waals surface area contributed by atoms with Gasteiger partial charge >= 0.3 is 5.97 Å². The van der Waals surface area contributed by atoms with Crippen LogP contribution in [0, 0.1) is 5.92 Å². The Kier molecular flexibility index (Phi) is 15.9. The Morgan fingerprint density at radius 1 is 0.903 bits per heavy atom. The molecule has 4 aromatic rings. The van der Waals surface area contributed by atoms with Crippen LogP contribution in [0.3, 0.4) is 0 Å². The lowest BCUT2D eigenvalue weighted by molar-refractivity contribution is -0.204. The number of aromatic hydroxyl groups is 1. The molecule has 1 N–H and O–H groups in total. The van der Waals surface area contributed by atoms with Gasteiger partial charge < -0.3 is 47.4 Å². The van der Waals surface area contributed by atoms with Crippen LogP contribution in [0.25, 0.3) is 10.8 Å².